The van der Waals surface area contributed by atoms with Gasteiger partial charge in [-0.2, -0.15) is 8.42 Å². The maximum absolute atomic E-state index is 10.7. The molecular formula is C7H7BrN2O4S. The summed E-state index contributed by atoms with van der Waals surface area (Å²) in [5.74, 6) is -1.10. The lowest BCUT2D eigenvalue weighted by atomic mass is 10.2. The molecule has 0 aromatic heterocycles. The van der Waals surface area contributed by atoms with E-state index < -0.39 is 16.2 Å². The average Bonchev–Trinajstić information content (AvgIpc) is 2.05. The van der Waals surface area contributed by atoms with E-state index in [1.54, 1.807) is 0 Å². The van der Waals surface area contributed by atoms with E-state index in [1.807, 2.05) is 4.72 Å². The van der Waals surface area contributed by atoms with Gasteiger partial charge in [0.2, 0.25) is 0 Å². The highest BCUT2D eigenvalue weighted by atomic mass is 79.9. The smallest absolute Gasteiger partial charge is 0.335 e. The van der Waals surface area contributed by atoms with E-state index >= 15 is 0 Å². The van der Waals surface area contributed by atoms with Gasteiger partial charge in [-0.25, -0.2) is 9.93 Å². The summed E-state index contributed by atoms with van der Waals surface area (Å²) in [4.78, 5) is 10.6. The number of carboxylic acids is 1. The highest BCUT2D eigenvalue weighted by molar-refractivity contribution is 9.10. The van der Waals surface area contributed by atoms with E-state index in [0.717, 1.165) is 0 Å². The van der Waals surface area contributed by atoms with E-state index in [1.165, 1.54) is 18.2 Å². The number of carbonyl (C=O) groups is 1. The molecule has 0 bridgehead atoms. The van der Waals surface area contributed by atoms with Gasteiger partial charge in [-0.05, 0) is 34.1 Å². The summed E-state index contributed by atoms with van der Waals surface area (Å²) in [7, 11) is -3.86. The van der Waals surface area contributed by atoms with E-state index in [9.17, 15) is 13.2 Å². The number of hydrogen-bond donors (Lipinski definition) is 3. The Morgan fingerprint density at radius 1 is 1.47 bits per heavy atom. The first-order valence-corrected chi connectivity index (χ1v) is 5.97. The summed E-state index contributed by atoms with van der Waals surface area (Å²) in [5.41, 5.74) is 0.226. The van der Waals surface area contributed by atoms with Crippen molar-refractivity contribution in [3.05, 3.63) is 28.2 Å². The molecule has 82 valence electrons. The zero-order chi connectivity index (χ0) is 11.6. The van der Waals surface area contributed by atoms with Gasteiger partial charge in [-0.1, -0.05) is 0 Å². The fourth-order valence-corrected chi connectivity index (χ4v) is 1.98. The van der Waals surface area contributed by atoms with Gasteiger partial charge in [0.05, 0.1) is 11.3 Å². The normalized spacial score (nSPS) is 11.1. The Balaban J connectivity index is 3.09. The first kappa shape index (κ1) is 12.0. The van der Waals surface area contributed by atoms with Crippen LogP contribution in [0.25, 0.3) is 0 Å². The second-order valence-corrected chi connectivity index (χ2v) is 4.80. The van der Waals surface area contributed by atoms with E-state index in [2.05, 4.69) is 15.9 Å². The molecule has 6 nitrogen and oxygen atoms in total. The number of nitrogens with one attached hydrogen (secondary N) is 1. The van der Waals surface area contributed by atoms with E-state index in [4.69, 9.17) is 10.2 Å². The maximum atomic E-state index is 10.7. The predicted octanol–water partition coefficient (Wildman–Crippen LogP) is 0.763. The topological polar surface area (TPSA) is 109 Å². The summed E-state index contributed by atoms with van der Waals surface area (Å²) in [5, 5.41) is 13.4. The minimum absolute atomic E-state index is 0.0434. The number of anilines is 1. The lowest BCUT2D eigenvalue weighted by Crippen LogP contribution is -2.22. The molecule has 0 fully saturated rings. The molecule has 1 rings (SSSR count). The minimum Gasteiger partial charge on any atom is -0.478 e. The number of carboxylic acid groups (broad SMARTS) is 1. The first-order chi connectivity index (χ1) is 6.79. The van der Waals surface area contributed by atoms with Crippen molar-refractivity contribution in [3.63, 3.8) is 0 Å². The Kier molecular flexibility index (Phi) is 3.32. The van der Waals surface area contributed by atoms with Gasteiger partial charge in [0.1, 0.15) is 0 Å². The Bertz CT molecular complexity index is 500. The molecule has 0 amide bonds. The van der Waals surface area contributed by atoms with Crippen molar-refractivity contribution in [2.24, 2.45) is 5.14 Å². The van der Waals surface area contributed by atoms with Gasteiger partial charge < -0.3 is 5.11 Å². The van der Waals surface area contributed by atoms with Crippen LogP contribution in [0.2, 0.25) is 0 Å². The van der Waals surface area contributed by atoms with E-state index in [0.29, 0.717) is 4.47 Å². The van der Waals surface area contributed by atoms with Crippen LogP contribution < -0.4 is 9.86 Å². The number of halogens is 1. The number of benzene rings is 1. The molecule has 0 aliphatic carbocycles. The van der Waals surface area contributed by atoms with Crippen LogP contribution in [0.15, 0.2) is 22.7 Å². The highest BCUT2D eigenvalue weighted by Crippen LogP contribution is 2.24. The molecule has 0 aliphatic heterocycles. The molecular weight excluding hydrogens is 288 g/mol. The second-order valence-electron chi connectivity index (χ2n) is 2.65. The quantitative estimate of drug-likeness (QED) is 0.764. The highest BCUT2D eigenvalue weighted by Gasteiger charge is 2.09. The van der Waals surface area contributed by atoms with Crippen LogP contribution in [-0.4, -0.2) is 19.5 Å². The molecule has 0 aliphatic rings. The molecule has 15 heavy (non-hydrogen) atoms. The van der Waals surface area contributed by atoms with Crippen molar-refractivity contribution < 1.29 is 18.3 Å². The SMILES string of the molecule is NS(=O)(=O)Nc1ccc(C(=O)O)cc1Br. The molecule has 0 heterocycles. The lowest BCUT2D eigenvalue weighted by molar-refractivity contribution is 0.0697. The largest absolute Gasteiger partial charge is 0.478 e. The summed E-state index contributed by atoms with van der Waals surface area (Å²) in [6.45, 7) is 0. The molecule has 4 N–H and O–H groups in total. The van der Waals surface area contributed by atoms with Crippen LogP contribution in [0.3, 0.4) is 0 Å². The zero-order valence-corrected chi connectivity index (χ0v) is 9.67. The van der Waals surface area contributed by atoms with Gasteiger partial charge >= 0.3 is 5.97 Å². The third kappa shape index (κ3) is 3.50. The van der Waals surface area contributed by atoms with Crippen LogP contribution in [0.5, 0.6) is 0 Å². The van der Waals surface area contributed by atoms with Gasteiger partial charge in [0, 0.05) is 4.47 Å². The predicted molar refractivity (Wildman–Crippen MR) is 57.8 cm³/mol. The van der Waals surface area contributed by atoms with Crippen LogP contribution in [-0.2, 0) is 10.2 Å². The fourth-order valence-electron chi connectivity index (χ4n) is 0.884. The van der Waals surface area contributed by atoms with Crippen molar-refractivity contribution in [2.75, 3.05) is 4.72 Å². The van der Waals surface area contributed by atoms with Crippen molar-refractivity contribution in [1.82, 2.24) is 0 Å². The number of aromatic carboxylic acids is 1. The Morgan fingerprint density at radius 3 is 2.47 bits per heavy atom. The van der Waals surface area contributed by atoms with Crippen LogP contribution in [0, 0.1) is 0 Å². The molecule has 0 unspecified atom stereocenters. The summed E-state index contributed by atoms with van der Waals surface area (Å²) in [6, 6.07) is 3.84. The Morgan fingerprint density at radius 2 is 2.07 bits per heavy atom. The third-order valence-corrected chi connectivity index (χ3v) is 2.63. The molecule has 0 saturated heterocycles. The second kappa shape index (κ2) is 4.17. The van der Waals surface area contributed by atoms with Crippen molar-refractivity contribution in [1.29, 1.82) is 0 Å². The molecule has 1 aromatic rings. The Labute approximate surface area is 94.4 Å². The lowest BCUT2D eigenvalue weighted by Gasteiger charge is -2.06. The van der Waals surface area contributed by atoms with Crippen molar-refractivity contribution in [2.45, 2.75) is 0 Å². The molecule has 0 saturated carbocycles. The minimum atomic E-state index is -3.86. The molecule has 8 heteroatoms. The first-order valence-electron chi connectivity index (χ1n) is 3.63. The monoisotopic (exact) mass is 294 g/mol. The molecule has 0 spiro atoms. The molecule has 0 atom stereocenters. The number of rotatable bonds is 3. The average molecular weight is 295 g/mol. The summed E-state index contributed by atoms with van der Waals surface area (Å²) < 4.78 is 23.7. The van der Waals surface area contributed by atoms with Crippen molar-refractivity contribution >= 4 is 37.8 Å². The van der Waals surface area contributed by atoms with Gasteiger partial charge in [0.25, 0.3) is 10.2 Å². The summed E-state index contributed by atoms with van der Waals surface area (Å²) >= 11 is 3.02. The zero-order valence-electron chi connectivity index (χ0n) is 7.27. The number of nitrogens with two attached hydrogens (primary N) is 1. The fraction of sp³-hybridized carbons (Fsp3) is 0. The van der Waals surface area contributed by atoms with Crippen LogP contribution >= 0.6 is 15.9 Å². The third-order valence-electron chi connectivity index (χ3n) is 1.47. The van der Waals surface area contributed by atoms with Crippen molar-refractivity contribution in [3.8, 4) is 0 Å². The number of hydrogen-bond acceptors (Lipinski definition) is 3. The van der Waals surface area contributed by atoms with Crippen LogP contribution in [0.4, 0.5) is 5.69 Å². The van der Waals surface area contributed by atoms with E-state index in [-0.39, 0.29) is 11.3 Å². The van der Waals surface area contributed by atoms with Gasteiger partial charge in [-0.15, -0.1) is 0 Å². The summed E-state index contributed by atoms with van der Waals surface area (Å²) in [6.07, 6.45) is 0. The van der Waals surface area contributed by atoms with Gasteiger partial charge in [0.15, 0.2) is 0 Å². The Hall–Kier alpha value is -1.12. The van der Waals surface area contributed by atoms with Crippen LogP contribution in [0.1, 0.15) is 10.4 Å². The molecule has 1 aromatic carbocycles. The standard InChI is InChI=1S/C7H7BrN2O4S/c8-5-3-4(7(11)12)1-2-6(5)10-15(9,13)14/h1-3,10H,(H,11,12)(H2,9,13,14). The molecule has 0 radical (unpaired) electrons. The van der Waals surface area contributed by atoms with Gasteiger partial charge in [-0.3, -0.25) is 4.72 Å². The maximum Gasteiger partial charge on any atom is 0.335 e.